The topological polar surface area (TPSA) is 38.3 Å². The predicted molar refractivity (Wildman–Crippen MR) is 74.0 cm³/mol. The maximum atomic E-state index is 10.5. The Kier molecular flexibility index (Phi) is 6.26. The Balaban J connectivity index is 2.82. The summed E-state index contributed by atoms with van der Waals surface area (Å²) in [6.07, 6.45) is 4.72. The van der Waals surface area contributed by atoms with Crippen molar-refractivity contribution in [2.45, 2.75) is 45.6 Å². The van der Waals surface area contributed by atoms with Crippen LogP contribution in [0.15, 0.2) is 18.2 Å². The van der Waals surface area contributed by atoms with Gasteiger partial charge in [-0.2, -0.15) is 0 Å². The summed E-state index contributed by atoms with van der Waals surface area (Å²) in [4.78, 5) is 10.5. The lowest BCUT2D eigenvalue weighted by atomic mass is 9.99. The maximum Gasteiger partial charge on any atom is 0.207 e. The first kappa shape index (κ1) is 14.6. The number of ether oxygens (including phenoxy) is 1. The number of methoxy groups -OCH3 is 1. The van der Waals surface area contributed by atoms with Crippen LogP contribution < -0.4 is 10.1 Å². The molecule has 0 aliphatic rings. The number of carbonyl (C=O) groups is 1. The second-order valence-corrected chi connectivity index (χ2v) is 4.49. The van der Waals surface area contributed by atoms with Crippen molar-refractivity contribution in [3.8, 4) is 5.75 Å². The van der Waals surface area contributed by atoms with E-state index in [0.717, 1.165) is 37.8 Å². The third-order valence-electron chi connectivity index (χ3n) is 3.14. The van der Waals surface area contributed by atoms with Gasteiger partial charge in [0.1, 0.15) is 5.75 Å². The van der Waals surface area contributed by atoms with Gasteiger partial charge in [0.25, 0.3) is 0 Å². The van der Waals surface area contributed by atoms with Gasteiger partial charge in [0.15, 0.2) is 0 Å². The maximum absolute atomic E-state index is 10.5. The van der Waals surface area contributed by atoms with Crippen molar-refractivity contribution in [3.05, 3.63) is 29.3 Å². The van der Waals surface area contributed by atoms with Crippen LogP contribution in [0.25, 0.3) is 0 Å². The van der Waals surface area contributed by atoms with Crippen LogP contribution in [0, 0.1) is 0 Å². The molecule has 100 valence electrons. The average molecular weight is 249 g/mol. The molecule has 3 heteroatoms. The zero-order valence-electron chi connectivity index (χ0n) is 11.5. The van der Waals surface area contributed by atoms with Crippen LogP contribution in [0.5, 0.6) is 5.75 Å². The lowest BCUT2D eigenvalue weighted by Gasteiger charge is -2.15. The summed E-state index contributed by atoms with van der Waals surface area (Å²) in [5.74, 6) is 0.956. The molecular formula is C15H23NO2. The summed E-state index contributed by atoms with van der Waals surface area (Å²) in [5.41, 5.74) is 2.50. The zero-order chi connectivity index (χ0) is 13.4. The molecular weight excluding hydrogens is 226 g/mol. The number of rotatable bonds is 8. The van der Waals surface area contributed by atoms with E-state index in [2.05, 4.69) is 31.3 Å². The van der Waals surface area contributed by atoms with Crippen molar-refractivity contribution in [2.75, 3.05) is 7.11 Å². The number of carbonyl (C=O) groups excluding carboxylic acids is 1. The molecule has 18 heavy (non-hydrogen) atoms. The number of amides is 1. The molecule has 1 amide bonds. The van der Waals surface area contributed by atoms with Crippen LogP contribution in [-0.4, -0.2) is 19.6 Å². The van der Waals surface area contributed by atoms with E-state index < -0.39 is 0 Å². The summed E-state index contributed by atoms with van der Waals surface area (Å²) < 4.78 is 5.36. The number of hydrogen-bond donors (Lipinski definition) is 1. The van der Waals surface area contributed by atoms with Gasteiger partial charge >= 0.3 is 0 Å². The van der Waals surface area contributed by atoms with Gasteiger partial charge in [0.05, 0.1) is 7.11 Å². The lowest BCUT2D eigenvalue weighted by Crippen LogP contribution is -2.29. The molecule has 1 rings (SSSR count). The quantitative estimate of drug-likeness (QED) is 0.719. The van der Waals surface area contributed by atoms with Gasteiger partial charge in [0, 0.05) is 6.04 Å². The molecule has 0 fully saturated rings. The second kappa shape index (κ2) is 7.75. The minimum atomic E-state index is 0.213. The summed E-state index contributed by atoms with van der Waals surface area (Å²) >= 11 is 0. The Bertz CT molecular complexity index is 377. The van der Waals surface area contributed by atoms with Crippen LogP contribution >= 0.6 is 0 Å². The highest BCUT2D eigenvalue weighted by molar-refractivity contribution is 5.47. The first-order valence-electron chi connectivity index (χ1n) is 6.60. The van der Waals surface area contributed by atoms with E-state index in [4.69, 9.17) is 4.74 Å². The average Bonchev–Trinajstić information content (AvgIpc) is 2.39. The first-order chi connectivity index (χ1) is 8.74. The Labute approximate surface area is 110 Å². The first-order valence-corrected chi connectivity index (χ1v) is 6.60. The van der Waals surface area contributed by atoms with Crippen molar-refractivity contribution in [1.82, 2.24) is 5.32 Å². The Morgan fingerprint density at radius 2 is 2.17 bits per heavy atom. The molecule has 0 saturated heterocycles. The van der Waals surface area contributed by atoms with Crippen LogP contribution in [0.4, 0.5) is 0 Å². The third-order valence-corrected chi connectivity index (χ3v) is 3.14. The van der Waals surface area contributed by atoms with Crippen molar-refractivity contribution in [3.63, 3.8) is 0 Å². The fraction of sp³-hybridized carbons (Fsp3) is 0.533. The van der Waals surface area contributed by atoms with Gasteiger partial charge in [-0.3, -0.25) is 4.79 Å². The molecule has 1 unspecified atom stereocenters. The Morgan fingerprint density at radius 3 is 2.72 bits per heavy atom. The molecule has 0 aliphatic carbocycles. The summed E-state index contributed by atoms with van der Waals surface area (Å²) in [6, 6.07) is 6.50. The number of benzene rings is 1. The predicted octanol–water partition coefficient (Wildman–Crippen LogP) is 2.71. The van der Waals surface area contributed by atoms with E-state index in [-0.39, 0.29) is 6.04 Å². The third kappa shape index (κ3) is 4.06. The molecule has 0 saturated carbocycles. The fourth-order valence-corrected chi connectivity index (χ4v) is 2.13. The highest BCUT2D eigenvalue weighted by Gasteiger charge is 2.08. The van der Waals surface area contributed by atoms with Crippen molar-refractivity contribution < 1.29 is 9.53 Å². The van der Waals surface area contributed by atoms with E-state index in [1.54, 1.807) is 7.11 Å². The molecule has 1 aromatic carbocycles. The van der Waals surface area contributed by atoms with Gasteiger partial charge in [-0.1, -0.05) is 32.4 Å². The Morgan fingerprint density at radius 1 is 1.39 bits per heavy atom. The van der Waals surface area contributed by atoms with Gasteiger partial charge in [-0.25, -0.2) is 0 Å². The van der Waals surface area contributed by atoms with Gasteiger partial charge in [-0.05, 0) is 36.5 Å². The van der Waals surface area contributed by atoms with Gasteiger partial charge < -0.3 is 10.1 Å². The molecule has 0 aromatic heterocycles. The van der Waals surface area contributed by atoms with Gasteiger partial charge in [-0.15, -0.1) is 0 Å². The van der Waals surface area contributed by atoms with E-state index in [0.29, 0.717) is 0 Å². The van der Waals surface area contributed by atoms with Crippen molar-refractivity contribution in [1.29, 1.82) is 0 Å². The normalized spacial score (nSPS) is 11.9. The van der Waals surface area contributed by atoms with Crippen LogP contribution in [0.2, 0.25) is 0 Å². The van der Waals surface area contributed by atoms with Crippen LogP contribution in [-0.2, 0) is 17.6 Å². The molecule has 3 nitrogen and oxygen atoms in total. The molecule has 1 atom stereocenters. The van der Waals surface area contributed by atoms with E-state index in [1.165, 1.54) is 11.1 Å². The summed E-state index contributed by atoms with van der Waals surface area (Å²) in [5, 5.41) is 2.85. The zero-order valence-corrected chi connectivity index (χ0v) is 11.5. The molecule has 0 radical (unpaired) electrons. The van der Waals surface area contributed by atoms with Crippen molar-refractivity contribution in [2.24, 2.45) is 0 Å². The number of hydrogen-bond acceptors (Lipinski definition) is 2. The minimum Gasteiger partial charge on any atom is -0.496 e. The van der Waals surface area contributed by atoms with E-state index in [1.807, 2.05) is 6.07 Å². The Hall–Kier alpha value is -1.51. The number of nitrogens with one attached hydrogen (secondary N) is 1. The smallest absolute Gasteiger partial charge is 0.207 e. The highest BCUT2D eigenvalue weighted by Crippen LogP contribution is 2.22. The molecule has 1 N–H and O–H groups in total. The monoisotopic (exact) mass is 249 g/mol. The summed E-state index contributed by atoms with van der Waals surface area (Å²) in [6.45, 7) is 4.24. The standard InChI is InChI=1S/C15H23NO2/c1-4-6-13-9-12(7-8-15(13)18-3)10-14(5-2)16-11-17/h7-9,11,14H,4-6,10H2,1-3H3,(H,16,17). The minimum absolute atomic E-state index is 0.213. The van der Waals surface area contributed by atoms with E-state index in [9.17, 15) is 4.79 Å². The SMILES string of the molecule is CCCc1cc(CC(CC)NC=O)ccc1OC. The molecule has 0 aliphatic heterocycles. The second-order valence-electron chi connectivity index (χ2n) is 4.49. The number of aryl methyl sites for hydroxylation is 1. The fourth-order valence-electron chi connectivity index (χ4n) is 2.13. The van der Waals surface area contributed by atoms with Crippen LogP contribution in [0.1, 0.15) is 37.8 Å². The highest BCUT2D eigenvalue weighted by atomic mass is 16.5. The summed E-state index contributed by atoms with van der Waals surface area (Å²) in [7, 11) is 1.71. The molecule has 0 heterocycles. The lowest BCUT2D eigenvalue weighted by molar-refractivity contribution is -0.110. The molecule has 1 aromatic rings. The molecule has 0 bridgehead atoms. The van der Waals surface area contributed by atoms with Crippen molar-refractivity contribution >= 4 is 6.41 Å². The largest absolute Gasteiger partial charge is 0.496 e. The molecule has 0 spiro atoms. The van der Waals surface area contributed by atoms with E-state index >= 15 is 0 Å². The van der Waals surface area contributed by atoms with Gasteiger partial charge in [0.2, 0.25) is 6.41 Å². The van der Waals surface area contributed by atoms with Crippen LogP contribution in [0.3, 0.4) is 0 Å².